The Labute approximate surface area is 146 Å². The molecule has 2 N–H and O–H groups in total. The van der Waals surface area contributed by atoms with E-state index in [1.165, 1.54) is 16.8 Å². The number of rotatable bonds is 3. The molecule has 2 fully saturated rings. The van der Waals surface area contributed by atoms with Crippen molar-refractivity contribution in [1.29, 1.82) is 0 Å². The Morgan fingerprint density at radius 1 is 1.12 bits per heavy atom. The van der Waals surface area contributed by atoms with Crippen molar-refractivity contribution in [3.8, 4) is 0 Å². The van der Waals surface area contributed by atoms with Crippen LogP contribution in [0.3, 0.4) is 0 Å². The van der Waals surface area contributed by atoms with Crippen molar-refractivity contribution in [1.82, 2.24) is 14.7 Å². The first kappa shape index (κ1) is 16.0. The van der Waals surface area contributed by atoms with E-state index in [4.69, 9.17) is 5.73 Å². The van der Waals surface area contributed by atoms with Gasteiger partial charge in [0, 0.05) is 25.2 Å². The normalized spacial score (nSPS) is 25.2. The highest BCUT2D eigenvalue weighted by Gasteiger charge is 2.42. The highest BCUT2D eigenvalue weighted by Crippen LogP contribution is 2.37. The van der Waals surface area contributed by atoms with Crippen LogP contribution in [0, 0.1) is 11.8 Å². The summed E-state index contributed by atoms with van der Waals surface area (Å²) >= 11 is 0. The summed E-state index contributed by atoms with van der Waals surface area (Å²) in [5.74, 6) is 0.803. The zero-order chi connectivity index (χ0) is 17.4. The topological polar surface area (TPSA) is 81.2 Å². The molecule has 6 nitrogen and oxygen atoms in total. The van der Waals surface area contributed by atoms with E-state index in [2.05, 4.69) is 5.10 Å². The molecular weight excluding hydrogens is 316 g/mol. The van der Waals surface area contributed by atoms with E-state index in [0.717, 1.165) is 24.9 Å². The Kier molecular flexibility index (Phi) is 4.13. The van der Waals surface area contributed by atoms with Gasteiger partial charge >= 0.3 is 0 Å². The maximum absolute atomic E-state index is 12.8. The summed E-state index contributed by atoms with van der Waals surface area (Å²) in [6, 6.07) is 12.8. The van der Waals surface area contributed by atoms with E-state index in [-0.39, 0.29) is 17.5 Å². The van der Waals surface area contributed by atoms with Gasteiger partial charge in [0.1, 0.15) is 5.69 Å². The Bertz CT molecular complexity index is 833. The molecule has 6 heteroatoms. The third kappa shape index (κ3) is 3.09. The number of nitrogens with two attached hydrogens (primary N) is 1. The lowest BCUT2D eigenvalue weighted by molar-refractivity contribution is 0.0771. The Morgan fingerprint density at radius 3 is 2.68 bits per heavy atom. The van der Waals surface area contributed by atoms with Gasteiger partial charge in [-0.1, -0.05) is 30.3 Å². The smallest absolute Gasteiger partial charge is 0.274 e. The number of nitrogens with zero attached hydrogens (tertiary/aromatic N) is 3. The lowest BCUT2D eigenvalue weighted by Gasteiger charge is -2.18. The summed E-state index contributed by atoms with van der Waals surface area (Å²) in [5, 5.41) is 4.31. The maximum atomic E-state index is 12.8. The molecule has 1 saturated heterocycles. The summed E-state index contributed by atoms with van der Waals surface area (Å²) in [7, 11) is 0. The zero-order valence-corrected chi connectivity index (χ0v) is 14.0. The number of benzene rings is 1. The zero-order valence-electron chi connectivity index (χ0n) is 14.0. The number of aromatic nitrogens is 2. The van der Waals surface area contributed by atoms with Gasteiger partial charge in [-0.25, -0.2) is 4.68 Å². The summed E-state index contributed by atoms with van der Waals surface area (Å²) in [4.78, 5) is 26.7. The lowest BCUT2D eigenvalue weighted by atomic mass is 9.98. The van der Waals surface area contributed by atoms with Crippen LogP contribution in [-0.2, 0) is 6.54 Å². The third-order valence-corrected chi connectivity index (χ3v) is 5.46. The molecule has 1 amide bonds. The summed E-state index contributed by atoms with van der Waals surface area (Å²) in [6.45, 7) is 1.80. The van der Waals surface area contributed by atoms with Crippen LogP contribution in [-0.4, -0.2) is 39.7 Å². The fourth-order valence-electron chi connectivity index (χ4n) is 4.07. The van der Waals surface area contributed by atoms with E-state index >= 15 is 0 Å². The highest BCUT2D eigenvalue weighted by atomic mass is 16.2. The number of amides is 1. The Hall–Kier alpha value is -2.47. The number of likely N-dealkylation sites (tertiary alicyclic amines) is 1. The van der Waals surface area contributed by atoms with Gasteiger partial charge in [-0.2, -0.15) is 5.10 Å². The fourth-order valence-corrected chi connectivity index (χ4v) is 4.07. The van der Waals surface area contributed by atoms with Gasteiger partial charge in [-0.15, -0.1) is 0 Å². The molecule has 3 unspecified atom stereocenters. The van der Waals surface area contributed by atoms with Crippen molar-refractivity contribution in [2.24, 2.45) is 17.6 Å². The molecule has 1 aliphatic carbocycles. The molecule has 25 heavy (non-hydrogen) atoms. The molecule has 0 radical (unpaired) electrons. The van der Waals surface area contributed by atoms with Gasteiger partial charge in [0.2, 0.25) is 0 Å². The van der Waals surface area contributed by atoms with Gasteiger partial charge in [0.25, 0.3) is 11.5 Å². The predicted octanol–water partition coefficient (Wildman–Crippen LogP) is 1.10. The minimum atomic E-state index is -0.208. The van der Waals surface area contributed by atoms with Gasteiger partial charge in [0.05, 0.1) is 6.54 Å². The average molecular weight is 338 g/mol. The summed E-state index contributed by atoms with van der Waals surface area (Å²) in [6.07, 6.45) is 2.15. The quantitative estimate of drug-likeness (QED) is 0.909. The number of carbonyl (C=O) groups excluding carboxylic acids is 1. The molecule has 3 atom stereocenters. The average Bonchev–Trinajstić information content (AvgIpc) is 3.19. The minimum absolute atomic E-state index is 0.108. The van der Waals surface area contributed by atoms with Crippen molar-refractivity contribution in [3.63, 3.8) is 0 Å². The molecular formula is C19H22N4O2. The molecule has 130 valence electrons. The molecule has 4 rings (SSSR count). The third-order valence-electron chi connectivity index (χ3n) is 5.46. The van der Waals surface area contributed by atoms with Crippen LogP contribution in [0.1, 0.15) is 28.9 Å². The molecule has 1 aliphatic heterocycles. The van der Waals surface area contributed by atoms with Crippen LogP contribution < -0.4 is 11.3 Å². The lowest BCUT2D eigenvalue weighted by Crippen LogP contribution is -2.35. The molecule has 1 saturated carbocycles. The monoisotopic (exact) mass is 338 g/mol. The second-order valence-corrected chi connectivity index (χ2v) is 7.08. The molecule has 2 heterocycles. The van der Waals surface area contributed by atoms with Crippen molar-refractivity contribution in [3.05, 3.63) is 64.1 Å². The van der Waals surface area contributed by atoms with Crippen LogP contribution in [0.4, 0.5) is 0 Å². The van der Waals surface area contributed by atoms with Gasteiger partial charge in [0.15, 0.2) is 0 Å². The van der Waals surface area contributed by atoms with Crippen LogP contribution in [0.5, 0.6) is 0 Å². The first-order valence-electron chi connectivity index (χ1n) is 8.79. The fraction of sp³-hybridized carbons (Fsp3) is 0.421. The van der Waals surface area contributed by atoms with Crippen LogP contribution >= 0.6 is 0 Å². The van der Waals surface area contributed by atoms with Crippen LogP contribution in [0.15, 0.2) is 47.3 Å². The predicted molar refractivity (Wildman–Crippen MR) is 94.1 cm³/mol. The largest absolute Gasteiger partial charge is 0.337 e. The Balaban J connectivity index is 1.54. The molecule has 0 bridgehead atoms. The molecule has 2 aromatic rings. The first-order chi connectivity index (χ1) is 12.1. The summed E-state index contributed by atoms with van der Waals surface area (Å²) in [5.41, 5.74) is 7.24. The van der Waals surface area contributed by atoms with E-state index in [9.17, 15) is 9.59 Å². The van der Waals surface area contributed by atoms with Gasteiger partial charge in [-0.3, -0.25) is 9.59 Å². The number of hydrogen-bond donors (Lipinski definition) is 1. The standard InChI is InChI=1S/C19H22N4O2/c20-16-7-6-14-11-22(12-15(14)16)19(25)17-8-9-18(24)23(21-17)10-13-4-2-1-3-5-13/h1-5,8-9,14-16H,6-7,10-12,20H2. The first-order valence-corrected chi connectivity index (χ1v) is 8.79. The van der Waals surface area contributed by atoms with Gasteiger partial charge in [-0.05, 0) is 36.3 Å². The molecule has 1 aromatic carbocycles. The summed E-state index contributed by atoms with van der Waals surface area (Å²) < 4.78 is 1.35. The Morgan fingerprint density at radius 2 is 1.92 bits per heavy atom. The van der Waals surface area contributed by atoms with Crippen molar-refractivity contribution >= 4 is 5.91 Å². The van der Waals surface area contributed by atoms with Crippen molar-refractivity contribution in [2.45, 2.75) is 25.4 Å². The SMILES string of the molecule is NC1CCC2CN(C(=O)c3ccc(=O)n(Cc4ccccc4)n3)CC12. The maximum Gasteiger partial charge on any atom is 0.274 e. The molecule has 1 aromatic heterocycles. The van der Waals surface area contributed by atoms with E-state index in [1.54, 1.807) is 0 Å². The number of carbonyl (C=O) groups is 1. The van der Waals surface area contributed by atoms with E-state index in [0.29, 0.717) is 30.6 Å². The minimum Gasteiger partial charge on any atom is -0.337 e. The van der Waals surface area contributed by atoms with Crippen LogP contribution in [0.25, 0.3) is 0 Å². The molecule has 2 aliphatic rings. The van der Waals surface area contributed by atoms with E-state index < -0.39 is 0 Å². The van der Waals surface area contributed by atoms with Crippen LogP contribution in [0.2, 0.25) is 0 Å². The number of fused-ring (bicyclic) bond motifs is 1. The second kappa shape index (κ2) is 6.44. The second-order valence-electron chi connectivity index (χ2n) is 7.08. The molecule has 0 spiro atoms. The van der Waals surface area contributed by atoms with Crippen molar-refractivity contribution < 1.29 is 4.79 Å². The van der Waals surface area contributed by atoms with Crippen molar-refractivity contribution in [2.75, 3.05) is 13.1 Å². The highest BCUT2D eigenvalue weighted by molar-refractivity contribution is 5.92. The number of hydrogen-bond acceptors (Lipinski definition) is 4. The van der Waals surface area contributed by atoms with E-state index in [1.807, 2.05) is 35.2 Å². The van der Waals surface area contributed by atoms with Gasteiger partial charge < -0.3 is 10.6 Å².